The number of fused-ring (bicyclic) bond motifs is 1. The molecule has 0 unspecified atom stereocenters. The molecule has 176 valence electrons. The fourth-order valence-corrected chi connectivity index (χ4v) is 3.74. The number of carbonyl (C=O) groups is 1. The molecule has 4 aromatic heterocycles. The quantitative estimate of drug-likeness (QED) is 0.281. The molecule has 34 heavy (non-hydrogen) atoms. The van der Waals surface area contributed by atoms with Gasteiger partial charge in [-0.05, 0) is 19.1 Å². The highest BCUT2D eigenvalue weighted by molar-refractivity contribution is 5.84. The third kappa shape index (κ3) is 3.63. The number of amides is 1. The van der Waals surface area contributed by atoms with Crippen molar-refractivity contribution < 1.29 is 19.7 Å². The van der Waals surface area contributed by atoms with Crippen LogP contribution in [0.2, 0.25) is 0 Å². The third-order valence-electron chi connectivity index (χ3n) is 5.39. The highest BCUT2D eigenvalue weighted by Gasteiger charge is 2.47. The van der Waals surface area contributed by atoms with Crippen LogP contribution in [0.4, 0.5) is 5.82 Å². The van der Waals surface area contributed by atoms with Crippen LogP contribution in [0.1, 0.15) is 13.2 Å². The monoisotopic (exact) mass is 466 g/mol. The summed E-state index contributed by atoms with van der Waals surface area (Å²) in [7, 11) is 1.68. The summed E-state index contributed by atoms with van der Waals surface area (Å²) >= 11 is 0. The first-order valence-corrected chi connectivity index (χ1v) is 10.6. The molecule has 0 saturated carbocycles. The minimum Gasteiger partial charge on any atom is -0.387 e. The van der Waals surface area contributed by atoms with Crippen molar-refractivity contribution in [2.24, 2.45) is 0 Å². The maximum atomic E-state index is 12.2. The van der Waals surface area contributed by atoms with Gasteiger partial charge in [0.1, 0.15) is 17.9 Å². The van der Waals surface area contributed by atoms with E-state index in [9.17, 15) is 15.0 Å². The Labute approximate surface area is 192 Å². The molecule has 1 fully saturated rings. The first-order chi connectivity index (χ1) is 16.5. The van der Waals surface area contributed by atoms with Crippen molar-refractivity contribution in [2.45, 2.75) is 31.5 Å². The summed E-state index contributed by atoms with van der Waals surface area (Å²) in [4.78, 5) is 29.9. The predicted octanol–water partition coefficient (Wildman–Crippen LogP) is -0.734. The minimum absolute atomic E-state index is 0.182. The SMILES string of the molecule is CCNC(=O)[C@H]1O[C@@H](n2cnc3c(NC)nc(-n4cc(-c5ccccn5)nn4)nc32)[C@H](O)[C@@H]1O. The molecule has 4 atom stereocenters. The Kier molecular flexibility index (Phi) is 5.61. The van der Waals surface area contributed by atoms with Crippen LogP contribution >= 0.6 is 0 Å². The second kappa shape index (κ2) is 8.74. The van der Waals surface area contributed by atoms with Crippen molar-refractivity contribution >= 4 is 22.9 Å². The number of nitrogens with zero attached hydrogens (tertiary/aromatic N) is 8. The number of anilines is 1. The van der Waals surface area contributed by atoms with E-state index in [4.69, 9.17) is 4.74 Å². The van der Waals surface area contributed by atoms with Gasteiger partial charge in [0.15, 0.2) is 29.3 Å². The average Bonchev–Trinajstić information content (AvgIpc) is 3.58. The van der Waals surface area contributed by atoms with Gasteiger partial charge in [-0.3, -0.25) is 14.3 Å². The van der Waals surface area contributed by atoms with Gasteiger partial charge in [-0.15, -0.1) is 5.10 Å². The Morgan fingerprint density at radius 1 is 1.18 bits per heavy atom. The normalized spacial score (nSPS) is 22.2. The zero-order chi connectivity index (χ0) is 23.8. The van der Waals surface area contributed by atoms with E-state index in [1.165, 1.54) is 15.6 Å². The van der Waals surface area contributed by atoms with Gasteiger partial charge in [0.25, 0.3) is 11.9 Å². The molecule has 5 rings (SSSR count). The van der Waals surface area contributed by atoms with Gasteiger partial charge in [0, 0.05) is 19.8 Å². The number of imidazole rings is 1. The molecule has 1 aliphatic rings. The molecule has 0 spiro atoms. The van der Waals surface area contributed by atoms with Crippen LogP contribution in [-0.2, 0) is 9.53 Å². The van der Waals surface area contributed by atoms with E-state index in [1.54, 1.807) is 32.4 Å². The lowest BCUT2D eigenvalue weighted by Crippen LogP contribution is -2.42. The molecule has 5 heterocycles. The smallest absolute Gasteiger partial charge is 0.256 e. The number of ether oxygens (including phenoxy) is 1. The average molecular weight is 466 g/mol. The molecule has 0 bridgehead atoms. The summed E-state index contributed by atoms with van der Waals surface area (Å²) < 4.78 is 8.56. The summed E-state index contributed by atoms with van der Waals surface area (Å²) in [5, 5.41) is 34.8. The molecule has 4 aromatic rings. The topological polar surface area (TPSA) is 178 Å². The molecule has 14 nitrogen and oxygen atoms in total. The second-order valence-corrected chi connectivity index (χ2v) is 7.53. The number of hydrogen-bond acceptors (Lipinski definition) is 11. The fraction of sp³-hybridized carbons (Fsp3) is 0.350. The number of carbonyl (C=O) groups excluding carboxylic acids is 1. The number of pyridine rings is 1. The van der Waals surface area contributed by atoms with Gasteiger partial charge < -0.3 is 25.6 Å². The lowest BCUT2D eigenvalue weighted by molar-refractivity contribution is -0.137. The Morgan fingerprint density at radius 3 is 2.76 bits per heavy atom. The van der Waals surface area contributed by atoms with Crippen LogP contribution in [-0.4, -0.2) is 87.5 Å². The highest BCUT2D eigenvalue weighted by atomic mass is 16.6. The zero-order valence-corrected chi connectivity index (χ0v) is 18.3. The van der Waals surface area contributed by atoms with Crippen molar-refractivity contribution in [3.63, 3.8) is 0 Å². The van der Waals surface area contributed by atoms with Crippen LogP contribution < -0.4 is 10.6 Å². The van der Waals surface area contributed by atoms with E-state index in [-0.39, 0.29) is 5.95 Å². The van der Waals surface area contributed by atoms with Crippen LogP contribution in [0.3, 0.4) is 0 Å². The molecule has 1 aliphatic heterocycles. The molecule has 1 saturated heterocycles. The Bertz CT molecular complexity index is 1320. The van der Waals surface area contributed by atoms with Crippen LogP contribution in [0.5, 0.6) is 0 Å². The Hall–Kier alpha value is -4.01. The number of aliphatic hydroxyl groups is 2. The van der Waals surface area contributed by atoms with Crippen LogP contribution in [0.25, 0.3) is 28.5 Å². The number of rotatable bonds is 6. The standard InChI is InChI=1S/C20H22N10O4/c1-3-22-18(33)15-13(31)14(32)19(34-15)29-9-24-12-16(21-2)25-20(26-17(12)29)30-8-11(27-28-30)10-6-4-5-7-23-10/h4-9,13-15,19,31-32H,3H2,1-2H3,(H,22,33)(H,21,25,26)/t13-,14+,15-,19+/m0/s1. The van der Waals surface area contributed by atoms with E-state index in [0.29, 0.717) is 34.9 Å². The summed E-state index contributed by atoms with van der Waals surface area (Å²) in [6.07, 6.45) is -0.438. The van der Waals surface area contributed by atoms with Crippen molar-refractivity contribution in [1.82, 2.24) is 44.8 Å². The minimum atomic E-state index is -1.42. The summed E-state index contributed by atoms with van der Waals surface area (Å²) in [6.45, 7) is 2.11. The molecular formula is C20H22N10O4. The molecular weight excluding hydrogens is 444 g/mol. The maximum absolute atomic E-state index is 12.2. The third-order valence-corrected chi connectivity index (χ3v) is 5.39. The Balaban J connectivity index is 1.54. The van der Waals surface area contributed by atoms with E-state index < -0.39 is 30.4 Å². The van der Waals surface area contributed by atoms with Gasteiger partial charge in [-0.25, -0.2) is 4.98 Å². The van der Waals surface area contributed by atoms with Crippen molar-refractivity contribution in [3.8, 4) is 17.3 Å². The number of nitrogens with one attached hydrogen (secondary N) is 2. The number of likely N-dealkylation sites (N-methyl/N-ethyl adjacent to an activating group) is 1. The van der Waals surface area contributed by atoms with E-state index in [0.717, 1.165) is 0 Å². The van der Waals surface area contributed by atoms with Gasteiger partial charge in [0.05, 0.1) is 18.2 Å². The zero-order valence-electron chi connectivity index (χ0n) is 18.3. The molecule has 0 radical (unpaired) electrons. The summed E-state index contributed by atoms with van der Waals surface area (Å²) in [6, 6.07) is 5.46. The lowest BCUT2D eigenvalue weighted by Gasteiger charge is -2.16. The summed E-state index contributed by atoms with van der Waals surface area (Å²) in [5.41, 5.74) is 1.88. The molecule has 4 N–H and O–H groups in total. The van der Waals surface area contributed by atoms with E-state index >= 15 is 0 Å². The van der Waals surface area contributed by atoms with Gasteiger partial charge in [0.2, 0.25) is 0 Å². The number of aliphatic hydroxyl groups excluding tert-OH is 2. The summed E-state index contributed by atoms with van der Waals surface area (Å²) in [5.74, 6) is 0.0698. The molecule has 14 heteroatoms. The Morgan fingerprint density at radius 2 is 2.03 bits per heavy atom. The largest absolute Gasteiger partial charge is 0.387 e. The maximum Gasteiger partial charge on any atom is 0.256 e. The van der Waals surface area contributed by atoms with Crippen LogP contribution in [0.15, 0.2) is 36.9 Å². The van der Waals surface area contributed by atoms with Gasteiger partial charge in [-0.2, -0.15) is 14.6 Å². The molecule has 0 aliphatic carbocycles. The van der Waals surface area contributed by atoms with E-state index in [2.05, 4.69) is 40.9 Å². The van der Waals surface area contributed by atoms with Gasteiger partial charge >= 0.3 is 0 Å². The fourth-order valence-electron chi connectivity index (χ4n) is 3.74. The van der Waals surface area contributed by atoms with Crippen molar-refractivity contribution in [1.29, 1.82) is 0 Å². The number of aromatic nitrogens is 8. The lowest BCUT2D eigenvalue weighted by atomic mass is 10.1. The van der Waals surface area contributed by atoms with Crippen LogP contribution in [0, 0.1) is 0 Å². The molecule has 1 amide bonds. The molecule has 0 aromatic carbocycles. The van der Waals surface area contributed by atoms with E-state index in [1.807, 2.05) is 12.1 Å². The van der Waals surface area contributed by atoms with Crippen molar-refractivity contribution in [3.05, 3.63) is 36.9 Å². The first kappa shape index (κ1) is 21.8. The number of hydrogen-bond donors (Lipinski definition) is 4. The highest BCUT2D eigenvalue weighted by Crippen LogP contribution is 2.33. The first-order valence-electron chi connectivity index (χ1n) is 10.6. The second-order valence-electron chi connectivity index (χ2n) is 7.53. The predicted molar refractivity (Wildman–Crippen MR) is 118 cm³/mol. The van der Waals surface area contributed by atoms with Gasteiger partial charge in [-0.1, -0.05) is 11.3 Å². The van der Waals surface area contributed by atoms with Crippen molar-refractivity contribution in [2.75, 3.05) is 18.9 Å².